The zero-order chi connectivity index (χ0) is 9.84. The molecule has 0 aromatic rings. The predicted octanol–water partition coefficient (Wildman–Crippen LogP) is 0.556. The van der Waals surface area contributed by atoms with Crippen LogP contribution in [0, 0.1) is 0 Å². The van der Waals surface area contributed by atoms with Gasteiger partial charge in [0.15, 0.2) is 6.10 Å². The molecule has 0 aromatic carbocycles. The molecule has 0 radical (unpaired) electrons. The molecule has 2 N–H and O–H groups in total. The Morgan fingerprint density at radius 1 is 1.69 bits per heavy atom. The highest BCUT2D eigenvalue weighted by Gasteiger charge is 2.23. The molecule has 1 aliphatic carbocycles. The van der Waals surface area contributed by atoms with Crippen molar-refractivity contribution in [2.45, 2.75) is 38.1 Å². The van der Waals surface area contributed by atoms with Crippen LogP contribution in [-0.4, -0.2) is 34.5 Å². The van der Waals surface area contributed by atoms with Crippen LogP contribution >= 0.6 is 0 Å². The number of ether oxygens (including phenoxy) is 1. The lowest BCUT2D eigenvalue weighted by Gasteiger charge is -2.16. The summed E-state index contributed by atoms with van der Waals surface area (Å²) < 4.78 is 5.25. The topological polar surface area (TPSA) is 66.8 Å². The SMILES string of the molecule is CCC(O[C@@H]1C=C[C@@H](O)C1)C(=O)O. The minimum absolute atomic E-state index is 0.254. The van der Waals surface area contributed by atoms with Crippen LogP contribution in [0.15, 0.2) is 12.2 Å². The van der Waals surface area contributed by atoms with Crippen molar-refractivity contribution < 1.29 is 19.7 Å². The predicted molar refractivity (Wildman–Crippen MR) is 46.4 cm³/mol. The molecule has 0 aromatic heterocycles. The molecule has 0 amide bonds. The Hall–Kier alpha value is -0.870. The van der Waals surface area contributed by atoms with E-state index in [0.717, 1.165) is 0 Å². The summed E-state index contributed by atoms with van der Waals surface area (Å²) in [5.74, 6) is -0.947. The molecule has 0 spiro atoms. The molecule has 74 valence electrons. The van der Waals surface area contributed by atoms with Gasteiger partial charge in [-0.2, -0.15) is 0 Å². The molecule has 1 rings (SSSR count). The summed E-state index contributed by atoms with van der Waals surface area (Å²) in [5, 5.41) is 17.8. The largest absolute Gasteiger partial charge is 0.479 e. The molecule has 0 bridgehead atoms. The summed E-state index contributed by atoms with van der Waals surface area (Å²) in [6.45, 7) is 1.76. The Morgan fingerprint density at radius 2 is 2.38 bits per heavy atom. The lowest BCUT2D eigenvalue weighted by atomic mass is 10.2. The van der Waals surface area contributed by atoms with Gasteiger partial charge in [0.1, 0.15) is 0 Å². The zero-order valence-corrected chi connectivity index (χ0v) is 7.51. The maximum atomic E-state index is 10.6. The number of carbonyl (C=O) groups is 1. The third kappa shape index (κ3) is 2.82. The first-order valence-electron chi connectivity index (χ1n) is 4.38. The molecule has 4 nitrogen and oxygen atoms in total. The van der Waals surface area contributed by atoms with Crippen molar-refractivity contribution in [3.8, 4) is 0 Å². The second-order valence-corrected chi connectivity index (χ2v) is 3.10. The molecule has 13 heavy (non-hydrogen) atoms. The molecule has 1 aliphatic rings. The van der Waals surface area contributed by atoms with Crippen LogP contribution in [0.2, 0.25) is 0 Å². The monoisotopic (exact) mass is 186 g/mol. The Balaban J connectivity index is 2.39. The van der Waals surface area contributed by atoms with Crippen LogP contribution in [-0.2, 0) is 9.53 Å². The zero-order valence-electron chi connectivity index (χ0n) is 7.51. The van der Waals surface area contributed by atoms with E-state index in [-0.39, 0.29) is 6.10 Å². The minimum atomic E-state index is -0.947. The van der Waals surface area contributed by atoms with Crippen LogP contribution in [0.3, 0.4) is 0 Å². The van der Waals surface area contributed by atoms with Gasteiger partial charge in [-0.15, -0.1) is 0 Å². The van der Waals surface area contributed by atoms with Gasteiger partial charge >= 0.3 is 5.97 Å². The van der Waals surface area contributed by atoms with E-state index < -0.39 is 18.2 Å². The van der Waals surface area contributed by atoms with Gasteiger partial charge in [0.25, 0.3) is 0 Å². The Bertz CT molecular complexity index is 212. The Labute approximate surface area is 76.8 Å². The maximum absolute atomic E-state index is 10.6. The molecule has 0 saturated carbocycles. The number of hydrogen-bond acceptors (Lipinski definition) is 3. The maximum Gasteiger partial charge on any atom is 0.332 e. The van der Waals surface area contributed by atoms with Crippen molar-refractivity contribution in [2.75, 3.05) is 0 Å². The summed E-state index contributed by atoms with van der Waals surface area (Å²) in [6.07, 6.45) is 2.72. The molecular formula is C9H14O4. The van der Waals surface area contributed by atoms with E-state index in [0.29, 0.717) is 12.8 Å². The highest BCUT2D eigenvalue weighted by Crippen LogP contribution is 2.16. The average Bonchev–Trinajstić information content (AvgIpc) is 2.46. The third-order valence-electron chi connectivity index (χ3n) is 2.01. The van der Waals surface area contributed by atoms with E-state index in [1.807, 2.05) is 0 Å². The van der Waals surface area contributed by atoms with Gasteiger partial charge in [-0.3, -0.25) is 0 Å². The highest BCUT2D eigenvalue weighted by atomic mass is 16.5. The van der Waals surface area contributed by atoms with Gasteiger partial charge in [-0.05, 0) is 6.42 Å². The van der Waals surface area contributed by atoms with Crippen LogP contribution in [0.5, 0.6) is 0 Å². The normalized spacial score (nSPS) is 29.1. The molecular weight excluding hydrogens is 172 g/mol. The fourth-order valence-electron chi connectivity index (χ4n) is 1.29. The average molecular weight is 186 g/mol. The number of hydrogen-bond donors (Lipinski definition) is 2. The number of rotatable bonds is 4. The molecule has 0 aliphatic heterocycles. The number of carboxylic acid groups (broad SMARTS) is 1. The van der Waals surface area contributed by atoms with Gasteiger partial charge in [0, 0.05) is 6.42 Å². The van der Waals surface area contributed by atoms with Crippen molar-refractivity contribution in [2.24, 2.45) is 0 Å². The molecule has 0 saturated heterocycles. The van der Waals surface area contributed by atoms with Crippen molar-refractivity contribution in [1.29, 1.82) is 0 Å². The number of aliphatic hydroxyl groups is 1. The van der Waals surface area contributed by atoms with E-state index in [2.05, 4.69) is 0 Å². The van der Waals surface area contributed by atoms with E-state index in [1.165, 1.54) is 0 Å². The molecule has 0 fully saturated rings. The van der Waals surface area contributed by atoms with Gasteiger partial charge in [-0.25, -0.2) is 4.79 Å². The number of aliphatic carboxylic acids is 1. The number of carboxylic acids is 1. The minimum Gasteiger partial charge on any atom is -0.479 e. The van der Waals surface area contributed by atoms with Crippen molar-refractivity contribution in [3.05, 3.63) is 12.2 Å². The summed E-state index contributed by atoms with van der Waals surface area (Å²) in [4.78, 5) is 10.6. The number of aliphatic hydroxyl groups excluding tert-OH is 1. The molecule has 4 heteroatoms. The van der Waals surface area contributed by atoms with Crippen LogP contribution in [0.4, 0.5) is 0 Å². The first kappa shape index (κ1) is 10.2. The summed E-state index contributed by atoms with van der Waals surface area (Å²) in [7, 11) is 0. The van der Waals surface area contributed by atoms with Crippen molar-refractivity contribution >= 4 is 5.97 Å². The fourth-order valence-corrected chi connectivity index (χ4v) is 1.29. The van der Waals surface area contributed by atoms with E-state index in [9.17, 15) is 4.79 Å². The van der Waals surface area contributed by atoms with Gasteiger partial charge < -0.3 is 14.9 Å². The van der Waals surface area contributed by atoms with Gasteiger partial charge in [0.05, 0.1) is 12.2 Å². The first-order valence-corrected chi connectivity index (χ1v) is 4.38. The van der Waals surface area contributed by atoms with Crippen LogP contribution in [0.1, 0.15) is 19.8 Å². The second-order valence-electron chi connectivity index (χ2n) is 3.10. The lowest BCUT2D eigenvalue weighted by Crippen LogP contribution is -2.27. The third-order valence-corrected chi connectivity index (χ3v) is 2.01. The first-order chi connectivity index (χ1) is 6.13. The van der Waals surface area contributed by atoms with Crippen LogP contribution in [0.25, 0.3) is 0 Å². The molecule has 3 atom stereocenters. The Morgan fingerprint density at radius 3 is 2.77 bits per heavy atom. The molecule has 1 unspecified atom stereocenters. The van der Waals surface area contributed by atoms with Crippen molar-refractivity contribution in [1.82, 2.24) is 0 Å². The van der Waals surface area contributed by atoms with Gasteiger partial charge in [-0.1, -0.05) is 19.1 Å². The van der Waals surface area contributed by atoms with E-state index >= 15 is 0 Å². The summed E-state index contributed by atoms with van der Waals surface area (Å²) in [5.41, 5.74) is 0. The summed E-state index contributed by atoms with van der Waals surface area (Å²) in [6, 6.07) is 0. The summed E-state index contributed by atoms with van der Waals surface area (Å²) >= 11 is 0. The smallest absolute Gasteiger partial charge is 0.332 e. The van der Waals surface area contributed by atoms with E-state index in [1.54, 1.807) is 19.1 Å². The highest BCUT2D eigenvalue weighted by molar-refractivity contribution is 5.72. The van der Waals surface area contributed by atoms with Crippen molar-refractivity contribution in [3.63, 3.8) is 0 Å². The van der Waals surface area contributed by atoms with E-state index in [4.69, 9.17) is 14.9 Å². The molecule has 0 heterocycles. The van der Waals surface area contributed by atoms with Crippen LogP contribution < -0.4 is 0 Å². The quantitative estimate of drug-likeness (QED) is 0.629. The second kappa shape index (κ2) is 4.39. The Kier molecular flexibility index (Phi) is 3.45. The fraction of sp³-hybridized carbons (Fsp3) is 0.667. The standard InChI is InChI=1S/C9H14O4/c1-2-8(9(11)12)13-7-4-3-6(10)5-7/h3-4,6-8,10H,2,5H2,1H3,(H,11,12)/t6-,7-,8?/m1/s1. The lowest BCUT2D eigenvalue weighted by molar-refractivity contribution is -0.153. The van der Waals surface area contributed by atoms with Gasteiger partial charge in [0.2, 0.25) is 0 Å².